The van der Waals surface area contributed by atoms with Gasteiger partial charge in [0.2, 0.25) is 17.6 Å². The van der Waals surface area contributed by atoms with Crippen LogP contribution in [0.3, 0.4) is 0 Å². The molecule has 0 unspecified atom stereocenters. The Labute approximate surface area is 219 Å². The highest BCUT2D eigenvalue weighted by atomic mass is 16.2. The molecule has 0 saturated carbocycles. The van der Waals surface area contributed by atoms with E-state index in [0.717, 1.165) is 4.90 Å². The zero-order valence-electron chi connectivity index (χ0n) is 21.0. The summed E-state index contributed by atoms with van der Waals surface area (Å²) in [4.78, 5) is 90.0. The predicted octanol–water partition coefficient (Wildman–Crippen LogP) is 0.807. The molecule has 2 N–H and O–H groups in total. The molecule has 198 valence electrons. The Kier molecular flexibility index (Phi) is 9.20. The normalized spacial score (nSPS) is 15.5. The van der Waals surface area contributed by atoms with Crippen molar-refractivity contribution < 1.29 is 33.6 Å². The smallest absolute Gasteiger partial charge is 0.293 e. The molecule has 0 aromatic heterocycles. The van der Waals surface area contributed by atoms with Crippen molar-refractivity contribution >= 4 is 52.9 Å². The summed E-state index contributed by atoms with van der Waals surface area (Å²) in [5.41, 5.74) is 0.689. The first kappa shape index (κ1) is 27.9. The summed E-state index contributed by atoms with van der Waals surface area (Å²) in [5, 5.41) is 4.84. The lowest BCUT2D eigenvalue weighted by atomic mass is 10.1. The third-order valence-electron chi connectivity index (χ3n) is 5.86. The van der Waals surface area contributed by atoms with Gasteiger partial charge in [0.25, 0.3) is 11.8 Å². The van der Waals surface area contributed by atoms with Gasteiger partial charge in [0.15, 0.2) is 0 Å². The van der Waals surface area contributed by atoms with Gasteiger partial charge >= 0.3 is 0 Å². The van der Waals surface area contributed by atoms with Crippen LogP contribution >= 0.6 is 0 Å². The Balaban J connectivity index is 1.95. The summed E-state index contributed by atoms with van der Waals surface area (Å²) in [6, 6.07) is 11.8. The van der Waals surface area contributed by atoms with Gasteiger partial charge in [0, 0.05) is 18.4 Å². The van der Waals surface area contributed by atoms with E-state index in [1.807, 2.05) is 0 Å². The average molecular weight is 521 g/mol. The van der Waals surface area contributed by atoms with Gasteiger partial charge in [-0.2, -0.15) is 0 Å². The Morgan fingerprint density at radius 2 is 1.63 bits per heavy atom. The van der Waals surface area contributed by atoms with E-state index in [1.54, 1.807) is 49.4 Å². The van der Waals surface area contributed by atoms with Gasteiger partial charge < -0.3 is 20.3 Å². The summed E-state index contributed by atoms with van der Waals surface area (Å²) >= 11 is 0. The van der Waals surface area contributed by atoms with E-state index in [0.29, 0.717) is 12.0 Å². The van der Waals surface area contributed by atoms with Gasteiger partial charge in [0.1, 0.15) is 24.7 Å². The van der Waals surface area contributed by atoms with Crippen LogP contribution in [0.5, 0.6) is 0 Å². The topological polar surface area (TPSA) is 150 Å². The number of anilines is 2. The number of carbonyl (C=O) groups is 7. The van der Waals surface area contributed by atoms with Crippen molar-refractivity contribution in [1.29, 1.82) is 0 Å². The largest absolute Gasteiger partial charge is 0.345 e. The lowest BCUT2D eigenvalue weighted by Gasteiger charge is -2.25. The monoisotopic (exact) mass is 520 g/mol. The highest BCUT2D eigenvalue weighted by Crippen LogP contribution is 2.33. The molecule has 0 spiro atoms. The van der Waals surface area contributed by atoms with E-state index in [9.17, 15) is 33.6 Å². The highest BCUT2D eigenvalue weighted by Gasteiger charge is 2.38. The van der Waals surface area contributed by atoms with Crippen molar-refractivity contribution in [3.05, 3.63) is 60.2 Å². The number of amides is 4. The number of rotatable bonds is 10. The molecule has 0 radical (unpaired) electrons. The molecule has 2 aromatic carbocycles. The number of hydrogen-bond acceptors (Lipinski definition) is 7. The maximum absolute atomic E-state index is 13.7. The van der Waals surface area contributed by atoms with Gasteiger partial charge in [-0.15, -0.1) is 0 Å². The predicted molar refractivity (Wildman–Crippen MR) is 137 cm³/mol. The van der Waals surface area contributed by atoms with E-state index in [2.05, 4.69) is 10.6 Å². The Hall–Kier alpha value is -4.67. The van der Waals surface area contributed by atoms with Crippen molar-refractivity contribution in [2.24, 2.45) is 0 Å². The number of ketones is 2. The Bertz CT molecular complexity index is 1260. The standard InChI is InChI=1S/C27H28N4O7/c1-3-24(35)30-14-20(29-26(37)25(36)18-9-5-4-6-10-18)27(38)31(22-12-8-7-11-21(22)30)15-23(34)28-19(16-32)13-17(2)33/h4-12,16,19-20H,3,13-15H2,1-2H3,(H,28,34)(H,29,37)/t19-,20-/m0/s1. The highest BCUT2D eigenvalue weighted by molar-refractivity contribution is 6.43. The molecule has 2 aromatic rings. The summed E-state index contributed by atoms with van der Waals surface area (Å²) in [5.74, 6) is -4.02. The molecule has 11 nitrogen and oxygen atoms in total. The fourth-order valence-corrected chi connectivity index (χ4v) is 4.07. The summed E-state index contributed by atoms with van der Waals surface area (Å²) in [6.07, 6.45) is 0.314. The number of benzene rings is 2. The number of para-hydroxylation sites is 2. The van der Waals surface area contributed by atoms with Crippen molar-refractivity contribution in [2.45, 2.75) is 38.8 Å². The summed E-state index contributed by atoms with van der Waals surface area (Å²) in [7, 11) is 0. The minimum atomic E-state index is -1.36. The molecule has 0 aliphatic carbocycles. The Morgan fingerprint density at radius 1 is 1.00 bits per heavy atom. The van der Waals surface area contributed by atoms with Gasteiger partial charge in [-0.25, -0.2) is 0 Å². The van der Waals surface area contributed by atoms with Crippen LogP contribution in [0.2, 0.25) is 0 Å². The van der Waals surface area contributed by atoms with Gasteiger partial charge in [-0.3, -0.25) is 33.7 Å². The van der Waals surface area contributed by atoms with Crippen LogP contribution < -0.4 is 20.4 Å². The van der Waals surface area contributed by atoms with Gasteiger partial charge in [-0.1, -0.05) is 49.4 Å². The van der Waals surface area contributed by atoms with Crippen molar-refractivity contribution in [2.75, 3.05) is 22.9 Å². The number of nitrogens with zero attached hydrogens (tertiary/aromatic N) is 2. The average Bonchev–Trinajstić information content (AvgIpc) is 3.02. The van der Waals surface area contributed by atoms with Crippen LogP contribution in [0.25, 0.3) is 0 Å². The molecule has 3 rings (SSSR count). The van der Waals surface area contributed by atoms with E-state index >= 15 is 0 Å². The lowest BCUT2D eigenvalue weighted by molar-refractivity contribution is -0.128. The first-order valence-corrected chi connectivity index (χ1v) is 12.0. The maximum atomic E-state index is 13.7. The number of carbonyl (C=O) groups excluding carboxylic acids is 7. The van der Waals surface area contributed by atoms with Crippen LogP contribution in [-0.2, 0) is 28.8 Å². The summed E-state index contributed by atoms with van der Waals surface area (Å²) in [6.45, 7) is 2.09. The molecular formula is C27H28N4O7. The van der Waals surface area contributed by atoms with Crippen molar-refractivity contribution in [3.8, 4) is 0 Å². The van der Waals surface area contributed by atoms with E-state index in [-0.39, 0.29) is 42.3 Å². The minimum absolute atomic E-state index is 0.0959. The van der Waals surface area contributed by atoms with E-state index in [4.69, 9.17) is 0 Å². The van der Waals surface area contributed by atoms with Crippen molar-refractivity contribution in [1.82, 2.24) is 10.6 Å². The van der Waals surface area contributed by atoms with E-state index in [1.165, 1.54) is 24.0 Å². The fraction of sp³-hybridized carbons (Fsp3) is 0.296. The molecule has 2 atom stereocenters. The fourth-order valence-electron chi connectivity index (χ4n) is 4.07. The molecular weight excluding hydrogens is 492 g/mol. The minimum Gasteiger partial charge on any atom is -0.345 e. The van der Waals surface area contributed by atoms with E-state index < -0.39 is 42.1 Å². The maximum Gasteiger partial charge on any atom is 0.293 e. The van der Waals surface area contributed by atoms with Crippen LogP contribution in [0, 0.1) is 0 Å². The third-order valence-corrected chi connectivity index (χ3v) is 5.86. The summed E-state index contributed by atoms with van der Waals surface area (Å²) < 4.78 is 0. The molecule has 1 aliphatic heterocycles. The number of Topliss-reactive ketones (excluding diaryl/α,β-unsaturated/α-hetero) is 2. The zero-order chi connectivity index (χ0) is 27.8. The molecule has 1 heterocycles. The Morgan fingerprint density at radius 3 is 2.24 bits per heavy atom. The first-order chi connectivity index (χ1) is 18.2. The van der Waals surface area contributed by atoms with Crippen molar-refractivity contribution in [3.63, 3.8) is 0 Å². The molecule has 0 saturated heterocycles. The number of nitrogens with one attached hydrogen (secondary N) is 2. The van der Waals surface area contributed by atoms with Gasteiger partial charge in [-0.05, 0) is 19.1 Å². The molecule has 38 heavy (non-hydrogen) atoms. The quantitative estimate of drug-likeness (QED) is 0.267. The second kappa shape index (κ2) is 12.5. The van der Waals surface area contributed by atoms with Crippen LogP contribution in [0.15, 0.2) is 54.6 Å². The number of hydrogen-bond donors (Lipinski definition) is 2. The number of aldehydes is 1. The zero-order valence-corrected chi connectivity index (χ0v) is 21.0. The molecule has 11 heteroatoms. The molecule has 1 aliphatic rings. The second-order valence-electron chi connectivity index (χ2n) is 8.71. The molecule has 4 amide bonds. The number of fused-ring (bicyclic) bond motifs is 1. The van der Waals surface area contributed by atoms with Gasteiger partial charge in [0.05, 0.1) is 24.0 Å². The lowest BCUT2D eigenvalue weighted by Crippen LogP contribution is -2.55. The van der Waals surface area contributed by atoms with Crippen LogP contribution in [0.4, 0.5) is 11.4 Å². The SMILES string of the molecule is CCC(=O)N1C[C@H](NC(=O)C(=O)c2ccccc2)C(=O)N(CC(=O)N[C@H](C=O)CC(C)=O)c2ccccc21. The molecule has 0 fully saturated rings. The first-order valence-electron chi connectivity index (χ1n) is 12.0. The van der Waals surface area contributed by atoms with Crippen LogP contribution in [0.1, 0.15) is 37.0 Å². The third kappa shape index (κ3) is 6.55. The second-order valence-corrected chi connectivity index (χ2v) is 8.71. The van der Waals surface area contributed by atoms with Crippen LogP contribution in [-0.4, -0.2) is 66.7 Å². The molecule has 0 bridgehead atoms.